The van der Waals surface area contributed by atoms with Crippen molar-refractivity contribution in [2.75, 3.05) is 36.0 Å². The van der Waals surface area contributed by atoms with Crippen LogP contribution in [-0.2, 0) is 28.9 Å². The number of fused-ring (bicyclic) bond motifs is 2. The van der Waals surface area contributed by atoms with Crippen LogP contribution in [0.1, 0.15) is 104 Å². The number of benzene rings is 2. The third kappa shape index (κ3) is 9.15. The van der Waals surface area contributed by atoms with E-state index in [1.54, 1.807) is 0 Å². The molecule has 2 unspecified atom stereocenters. The zero-order valence-electron chi connectivity index (χ0n) is 31.4. The third-order valence-corrected chi connectivity index (χ3v) is 10.5. The van der Waals surface area contributed by atoms with Gasteiger partial charge in [0.05, 0.1) is 24.8 Å². The van der Waals surface area contributed by atoms with Crippen LogP contribution in [0.2, 0.25) is 0 Å². The standard InChI is InChI=1S/C42H60N4O3/c1-9-15-32-17-13-20-34(32)28-48-41-43-36-27-45(37-21-14-19-33-18-12-16-31(11-3)38(33)37)25-23-35(36)39(44-41)46(26-29(4)10-2)24-22-30(5)40(47)49-42(6,7)8/h9,12,14-16,18-19,21,29-30,32,34H,10-11,13,17,20,22-28H2,1-8H3/b15-9+/t29-,30?,32?,34-/m0/s1. The van der Waals surface area contributed by atoms with Crippen LogP contribution in [0.3, 0.4) is 0 Å². The van der Waals surface area contributed by atoms with Crippen LogP contribution in [0.15, 0.2) is 48.6 Å². The number of hydrogen-bond donors (Lipinski definition) is 0. The van der Waals surface area contributed by atoms with Gasteiger partial charge in [-0.25, -0.2) is 0 Å². The molecule has 0 amide bonds. The van der Waals surface area contributed by atoms with Crippen molar-refractivity contribution in [3.63, 3.8) is 0 Å². The molecule has 0 radical (unpaired) electrons. The van der Waals surface area contributed by atoms with Gasteiger partial charge in [-0.1, -0.05) is 83.0 Å². The van der Waals surface area contributed by atoms with E-state index in [0.717, 1.165) is 43.9 Å². The molecule has 2 aliphatic rings. The molecule has 2 heterocycles. The zero-order valence-corrected chi connectivity index (χ0v) is 31.4. The van der Waals surface area contributed by atoms with E-state index in [1.807, 2.05) is 27.7 Å². The first-order chi connectivity index (χ1) is 23.5. The lowest BCUT2D eigenvalue weighted by atomic mass is 9.96. The highest BCUT2D eigenvalue weighted by molar-refractivity contribution is 5.97. The molecular weight excluding hydrogens is 608 g/mol. The van der Waals surface area contributed by atoms with Crippen LogP contribution in [0, 0.1) is 23.7 Å². The van der Waals surface area contributed by atoms with Gasteiger partial charge < -0.3 is 19.3 Å². The third-order valence-electron chi connectivity index (χ3n) is 10.5. The van der Waals surface area contributed by atoms with Crippen LogP contribution in [-0.4, -0.2) is 47.8 Å². The Labute approximate surface area is 295 Å². The lowest BCUT2D eigenvalue weighted by molar-refractivity contribution is -0.159. The van der Waals surface area contributed by atoms with Crippen molar-refractivity contribution in [1.29, 1.82) is 0 Å². The number of aryl methyl sites for hydroxylation is 1. The van der Waals surface area contributed by atoms with Crippen LogP contribution in [0.25, 0.3) is 10.8 Å². The van der Waals surface area contributed by atoms with E-state index in [0.29, 0.717) is 49.9 Å². The maximum absolute atomic E-state index is 13.0. The molecule has 1 aliphatic carbocycles. The highest BCUT2D eigenvalue weighted by Gasteiger charge is 2.30. The number of anilines is 2. The number of ether oxygens (including phenoxy) is 2. The predicted octanol–water partition coefficient (Wildman–Crippen LogP) is 9.35. The molecule has 49 heavy (non-hydrogen) atoms. The topological polar surface area (TPSA) is 67.8 Å². The zero-order chi connectivity index (χ0) is 35.1. The Bertz CT molecular complexity index is 1590. The van der Waals surface area contributed by atoms with E-state index in [-0.39, 0.29) is 11.9 Å². The van der Waals surface area contributed by atoms with Crippen molar-refractivity contribution in [3.05, 3.63) is 65.4 Å². The molecule has 1 saturated carbocycles. The van der Waals surface area contributed by atoms with Crippen molar-refractivity contribution < 1.29 is 14.3 Å². The Morgan fingerprint density at radius 1 is 1.10 bits per heavy atom. The summed E-state index contributed by atoms with van der Waals surface area (Å²) in [6.45, 7) is 20.4. The van der Waals surface area contributed by atoms with Crippen LogP contribution in [0.5, 0.6) is 6.01 Å². The summed E-state index contributed by atoms with van der Waals surface area (Å²) in [5.41, 5.74) is 4.39. The molecule has 1 aromatic heterocycles. The van der Waals surface area contributed by atoms with Crippen molar-refractivity contribution in [1.82, 2.24) is 9.97 Å². The molecular formula is C42H60N4O3. The molecule has 2 aromatic carbocycles. The molecule has 1 aliphatic heterocycles. The first kappa shape index (κ1) is 36.7. The Morgan fingerprint density at radius 2 is 1.88 bits per heavy atom. The van der Waals surface area contributed by atoms with E-state index in [1.165, 1.54) is 46.8 Å². The summed E-state index contributed by atoms with van der Waals surface area (Å²) < 4.78 is 12.3. The number of allylic oxidation sites excluding steroid dienone is 2. The molecule has 7 heteroatoms. The van der Waals surface area contributed by atoms with Gasteiger partial charge in [-0.05, 0) is 94.6 Å². The summed E-state index contributed by atoms with van der Waals surface area (Å²) >= 11 is 0. The average Bonchev–Trinajstić information content (AvgIpc) is 3.53. The molecule has 266 valence electrons. The fourth-order valence-electron chi connectivity index (χ4n) is 7.49. The van der Waals surface area contributed by atoms with Crippen molar-refractivity contribution in [3.8, 4) is 6.01 Å². The van der Waals surface area contributed by atoms with Crippen molar-refractivity contribution >= 4 is 28.2 Å². The van der Waals surface area contributed by atoms with Gasteiger partial charge in [-0.15, -0.1) is 0 Å². The lowest BCUT2D eigenvalue weighted by Gasteiger charge is -2.35. The minimum Gasteiger partial charge on any atom is -0.463 e. The average molecular weight is 669 g/mol. The Hall–Kier alpha value is -3.61. The molecule has 1 fully saturated rings. The van der Waals surface area contributed by atoms with E-state index in [2.05, 4.69) is 86.0 Å². The second kappa shape index (κ2) is 16.4. The second-order valence-electron chi connectivity index (χ2n) is 15.4. The molecule has 0 N–H and O–H groups in total. The predicted molar refractivity (Wildman–Crippen MR) is 203 cm³/mol. The summed E-state index contributed by atoms with van der Waals surface area (Å²) in [6, 6.07) is 13.8. The van der Waals surface area contributed by atoms with Gasteiger partial charge in [-0.3, -0.25) is 4.79 Å². The van der Waals surface area contributed by atoms with Gasteiger partial charge in [-0.2, -0.15) is 9.97 Å². The first-order valence-corrected chi connectivity index (χ1v) is 18.9. The summed E-state index contributed by atoms with van der Waals surface area (Å²) in [6.07, 6.45) is 11.7. The summed E-state index contributed by atoms with van der Waals surface area (Å²) in [5, 5.41) is 2.62. The molecule has 0 bridgehead atoms. The minimum atomic E-state index is -0.501. The van der Waals surface area contributed by atoms with E-state index in [4.69, 9.17) is 19.4 Å². The highest BCUT2D eigenvalue weighted by atomic mass is 16.6. The number of aromatic nitrogens is 2. The van der Waals surface area contributed by atoms with E-state index >= 15 is 0 Å². The molecule has 3 aromatic rings. The van der Waals surface area contributed by atoms with Gasteiger partial charge in [0.2, 0.25) is 0 Å². The highest BCUT2D eigenvalue weighted by Crippen LogP contribution is 2.37. The maximum atomic E-state index is 13.0. The number of carbonyl (C=O) groups is 1. The van der Waals surface area contributed by atoms with Gasteiger partial charge in [0.15, 0.2) is 0 Å². The molecule has 0 spiro atoms. The summed E-state index contributed by atoms with van der Waals surface area (Å²) in [4.78, 5) is 28.2. The quantitative estimate of drug-likeness (QED) is 0.125. The maximum Gasteiger partial charge on any atom is 0.318 e. The van der Waals surface area contributed by atoms with Crippen LogP contribution in [0.4, 0.5) is 11.5 Å². The number of nitrogens with zero attached hydrogens (tertiary/aromatic N) is 4. The molecule has 5 rings (SSSR count). The fourth-order valence-corrected chi connectivity index (χ4v) is 7.49. The van der Waals surface area contributed by atoms with Crippen molar-refractivity contribution in [2.24, 2.45) is 23.7 Å². The normalized spacial score (nSPS) is 19.2. The molecule has 7 nitrogen and oxygen atoms in total. The summed E-state index contributed by atoms with van der Waals surface area (Å²) in [7, 11) is 0. The molecule has 0 saturated heterocycles. The summed E-state index contributed by atoms with van der Waals surface area (Å²) in [5.74, 6) is 2.11. The molecule has 4 atom stereocenters. The Morgan fingerprint density at radius 3 is 2.59 bits per heavy atom. The van der Waals surface area contributed by atoms with Crippen LogP contribution >= 0.6 is 0 Å². The number of esters is 1. The van der Waals surface area contributed by atoms with Crippen molar-refractivity contribution in [2.45, 2.75) is 112 Å². The van der Waals surface area contributed by atoms with Gasteiger partial charge in [0.25, 0.3) is 0 Å². The number of carbonyl (C=O) groups excluding carboxylic acids is 1. The second-order valence-corrected chi connectivity index (χ2v) is 15.4. The van der Waals surface area contributed by atoms with Gasteiger partial charge in [0, 0.05) is 36.3 Å². The van der Waals surface area contributed by atoms with Gasteiger partial charge >= 0.3 is 12.0 Å². The number of rotatable bonds is 14. The smallest absolute Gasteiger partial charge is 0.318 e. The van der Waals surface area contributed by atoms with Gasteiger partial charge in [0.1, 0.15) is 11.4 Å². The first-order valence-electron chi connectivity index (χ1n) is 18.9. The largest absolute Gasteiger partial charge is 0.463 e. The lowest BCUT2D eigenvalue weighted by Crippen LogP contribution is -2.37. The van der Waals surface area contributed by atoms with Crippen LogP contribution < -0.4 is 14.5 Å². The number of hydrogen-bond acceptors (Lipinski definition) is 7. The fraction of sp³-hybridized carbons (Fsp3) is 0.595. The Kier molecular flexibility index (Phi) is 12.3. The monoisotopic (exact) mass is 668 g/mol. The minimum absolute atomic E-state index is 0.144. The SMILES string of the molecule is C/C=C/C1CCC[C@H]1COc1nc2c(c(N(CCC(C)C(=O)OC(C)(C)C)C[C@@H](C)CC)n1)CCN(c1cccc3cccc(CC)c13)C2. The Balaban J connectivity index is 1.50. The van der Waals surface area contributed by atoms with E-state index < -0.39 is 5.60 Å². The van der Waals surface area contributed by atoms with E-state index in [9.17, 15) is 4.79 Å².